The summed E-state index contributed by atoms with van der Waals surface area (Å²) in [5.74, 6) is -0.463. The van der Waals surface area contributed by atoms with E-state index in [9.17, 15) is 14.4 Å². The molecule has 1 unspecified atom stereocenters. The molecule has 6 nitrogen and oxygen atoms in total. The maximum atomic E-state index is 13.0. The van der Waals surface area contributed by atoms with Gasteiger partial charge in [0.25, 0.3) is 0 Å². The molecule has 0 N–H and O–H groups in total. The average Bonchev–Trinajstić information content (AvgIpc) is 3.16. The number of imide groups is 1. The number of amides is 2. The van der Waals surface area contributed by atoms with E-state index in [1.807, 2.05) is 30.3 Å². The summed E-state index contributed by atoms with van der Waals surface area (Å²) < 4.78 is 6.65. The predicted molar refractivity (Wildman–Crippen MR) is 100 cm³/mol. The minimum absolute atomic E-state index is 0.0804. The van der Waals surface area contributed by atoms with E-state index in [1.54, 1.807) is 46.2 Å². The molecule has 0 bridgehead atoms. The van der Waals surface area contributed by atoms with E-state index in [1.165, 1.54) is 9.47 Å². The lowest BCUT2D eigenvalue weighted by Gasteiger charge is -2.22. The van der Waals surface area contributed by atoms with Crippen molar-refractivity contribution in [2.75, 3.05) is 0 Å². The third kappa shape index (κ3) is 3.79. The number of hydrogen-bond acceptors (Lipinski definition) is 4. The van der Waals surface area contributed by atoms with Crippen LogP contribution in [0.25, 0.3) is 0 Å². The van der Waals surface area contributed by atoms with E-state index in [2.05, 4.69) is 0 Å². The Morgan fingerprint density at radius 3 is 2.44 bits per heavy atom. The Hall–Kier alpha value is -2.89. The molecule has 1 aliphatic rings. The topological polar surface area (TPSA) is 68.6 Å². The zero-order chi connectivity index (χ0) is 19.8. The van der Waals surface area contributed by atoms with Crippen LogP contribution < -0.4 is 0 Å². The second-order valence-corrected chi connectivity index (χ2v) is 8.07. The van der Waals surface area contributed by atoms with Crippen molar-refractivity contribution in [3.05, 3.63) is 59.9 Å². The quantitative estimate of drug-likeness (QED) is 0.778. The number of hydrogen-bond donors (Lipinski definition) is 0. The molecule has 2 amide bonds. The monoisotopic (exact) mass is 368 g/mol. The summed E-state index contributed by atoms with van der Waals surface area (Å²) >= 11 is 0. The third-order valence-corrected chi connectivity index (χ3v) is 4.64. The van der Waals surface area contributed by atoms with Crippen molar-refractivity contribution >= 4 is 17.9 Å². The maximum Gasteiger partial charge on any atom is 0.418 e. The van der Waals surface area contributed by atoms with Crippen molar-refractivity contribution in [3.63, 3.8) is 0 Å². The van der Waals surface area contributed by atoms with E-state index in [0.29, 0.717) is 5.56 Å². The molecule has 0 saturated carbocycles. The lowest BCUT2D eigenvalue weighted by atomic mass is 9.82. The number of carbonyl (C=O) groups excluding carboxylic acids is 3. The number of aromatic nitrogens is 1. The van der Waals surface area contributed by atoms with Crippen LogP contribution in [0.1, 0.15) is 45.2 Å². The fraction of sp³-hybridized carbons (Fsp3) is 0.381. The van der Waals surface area contributed by atoms with Crippen molar-refractivity contribution in [3.8, 4) is 0 Å². The van der Waals surface area contributed by atoms with Gasteiger partial charge in [0.05, 0.1) is 12.0 Å². The molecule has 2 heterocycles. The first-order chi connectivity index (χ1) is 12.6. The number of rotatable bonds is 3. The molecule has 1 atom stereocenters. The molecule has 0 aliphatic carbocycles. The number of likely N-dealkylation sites (tertiary alicyclic amines) is 1. The van der Waals surface area contributed by atoms with Gasteiger partial charge in [-0.15, -0.1) is 0 Å². The van der Waals surface area contributed by atoms with E-state index in [-0.39, 0.29) is 24.8 Å². The smallest absolute Gasteiger partial charge is 0.418 e. The number of carbonyl (C=O) groups is 3. The minimum Gasteiger partial charge on any atom is -0.443 e. The van der Waals surface area contributed by atoms with Crippen LogP contribution in [0.4, 0.5) is 4.79 Å². The number of benzene rings is 1. The molecule has 0 spiro atoms. The predicted octanol–water partition coefficient (Wildman–Crippen LogP) is 3.49. The summed E-state index contributed by atoms with van der Waals surface area (Å²) in [6.45, 7) is 7.36. The van der Waals surface area contributed by atoms with Gasteiger partial charge in [-0.2, -0.15) is 0 Å². The molecule has 27 heavy (non-hydrogen) atoms. The van der Waals surface area contributed by atoms with Gasteiger partial charge in [-0.05, 0) is 44.9 Å². The highest BCUT2D eigenvalue weighted by Gasteiger charge is 2.49. The standard InChI is InChI=1S/C21H24N2O4/c1-20(2,3)27-19(26)22-11-10-16(14-22)21(4)12-17(24)23(18(21)25)13-15-8-6-5-7-9-15/h5-11,14H,12-13H2,1-4H3. The SMILES string of the molecule is CC(C)(C)OC(=O)n1ccc(C2(C)CC(=O)N(Cc3ccccc3)C2=O)c1. The first kappa shape index (κ1) is 18.9. The van der Waals surface area contributed by atoms with Gasteiger partial charge in [-0.3, -0.25) is 19.1 Å². The Kier molecular flexibility index (Phi) is 4.68. The van der Waals surface area contributed by atoms with Gasteiger partial charge in [0.15, 0.2) is 0 Å². The van der Waals surface area contributed by atoms with Crippen LogP contribution in [-0.4, -0.2) is 33.0 Å². The van der Waals surface area contributed by atoms with Crippen molar-refractivity contribution in [2.45, 2.75) is 51.7 Å². The molecule has 1 aliphatic heterocycles. The van der Waals surface area contributed by atoms with E-state index < -0.39 is 17.1 Å². The molecule has 1 aromatic carbocycles. The summed E-state index contributed by atoms with van der Waals surface area (Å²) in [5, 5.41) is 0. The van der Waals surface area contributed by atoms with Gasteiger partial charge in [0.1, 0.15) is 5.60 Å². The fourth-order valence-corrected chi connectivity index (χ4v) is 3.19. The van der Waals surface area contributed by atoms with Crippen LogP contribution in [0.5, 0.6) is 0 Å². The van der Waals surface area contributed by atoms with Gasteiger partial charge in [0, 0.05) is 18.8 Å². The Balaban J connectivity index is 1.81. The molecule has 6 heteroatoms. The summed E-state index contributed by atoms with van der Waals surface area (Å²) in [4.78, 5) is 39.1. The molecule has 2 aromatic rings. The van der Waals surface area contributed by atoms with Gasteiger partial charge in [0.2, 0.25) is 11.8 Å². The van der Waals surface area contributed by atoms with Crippen molar-refractivity contribution in [1.82, 2.24) is 9.47 Å². The maximum absolute atomic E-state index is 13.0. The Morgan fingerprint density at radius 1 is 1.15 bits per heavy atom. The second kappa shape index (κ2) is 6.68. The van der Waals surface area contributed by atoms with Gasteiger partial charge in [-0.1, -0.05) is 30.3 Å². The zero-order valence-corrected chi connectivity index (χ0v) is 16.1. The third-order valence-electron chi connectivity index (χ3n) is 4.64. The van der Waals surface area contributed by atoms with Crippen LogP contribution >= 0.6 is 0 Å². The van der Waals surface area contributed by atoms with Crippen molar-refractivity contribution in [2.24, 2.45) is 0 Å². The number of nitrogens with zero attached hydrogens (tertiary/aromatic N) is 2. The van der Waals surface area contributed by atoms with Crippen LogP contribution in [0.3, 0.4) is 0 Å². The highest BCUT2D eigenvalue weighted by atomic mass is 16.6. The largest absolute Gasteiger partial charge is 0.443 e. The Morgan fingerprint density at radius 2 is 1.81 bits per heavy atom. The second-order valence-electron chi connectivity index (χ2n) is 8.07. The van der Waals surface area contributed by atoms with Gasteiger partial charge in [-0.25, -0.2) is 4.79 Å². The summed E-state index contributed by atoms with van der Waals surface area (Å²) in [6, 6.07) is 11.1. The van der Waals surface area contributed by atoms with Crippen LogP contribution in [0, 0.1) is 0 Å². The molecule has 1 saturated heterocycles. The average molecular weight is 368 g/mol. The van der Waals surface area contributed by atoms with Crippen LogP contribution in [0.15, 0.2) is 48.8 Å². The summed E-state index contributed by atoms with van der Waals surface area (Å²) in [7, 11) is 0. The van der Waals surface area contributed by atoms with Gasteiger partial charge >= 0.3 is 6.09 Å². The summed E-state index contributed by atoms with van der Waals surface area (Å²) in [6.07, 6.45) is 2.70. The molecular weight excluding hydrogens is 344 g/mol. The lowest BCUT2D eigenvalue weighted by molar-refractivity contribution is -0.140. The van der Waals surface area contributed by atoms with E-state index in [0.717, 1.165) is 5.56 Å². The normalized spacial score (nSPS) is 20.2. The van der Waals surface area contributed by atoms with Crippen molar-refractivity contribution in [1.29, 1.82) is 0 Å². The fourth-order valence-electron chi connectivity index (χ4n) is 3.19. The lowest BCUT2D eigenvalue weighted by Crippen LogP contribution is -2.36. The molecular formula is C21H24N2O4. The van der Waals surface area contributed by atoms with Gasteiger partial charge < -0.3 is 4.74 Å². The zero-order valence-electron chi connectivity index (χ0n) is 16.1. The first-order valence-electron chi connectivity index (χ1n) is 8.91. The Bertz CT molecular complexity index is 879. The van der Waals surface area contributed by atoms with E-state index in [4.69, 9.17) is 4.74 Å². The minimum atomic E-state index is -0.987. The molecule has 1 fully saturated rings. The molecule has 3 rings (SSSR count). The highest BCUT2D eigenvalue weighted by Crippen LogP contribution is 2.37. The Labute approximate surface area is 158 Å². The van der Waals surface area contributed by atoms with Crippen LogP contribution in [-0.2, 0) is 26.3 Å². The molecule has 0 radical (unpaired) electrons. The van der Waals surface area contributed by atoms with E-state index >= 15 is 0 Å². The van der Waals surface area contributed by atoms with Crippen LogP contribution in [0.2, 0.25) is 0 Å². The highest BCUT2D eigenvalue weighted by molar-refractivity contribution is 6.08. The molecule has 142 valence electrons. The van der Waals surface area contributed by atoms with Crippen molar-refractivity contribution < 1.29 is 19.1 Å². The summed E-state index contributed by atoms with van der Waals surface area (Å²) in [5.41, 5.74) is -0.0760. The number of ether oxygens (including phenoxy) is 1. The molecule has 1 aromatic heterocycles. The first-order valence-corrected chi connectivity index (χ1v) is 8.91.